The Morgan fingerprint density at radius 2 is 1.23 bits per heavy atom. The summed E-state index contributed by atoms with van der Waals surface area (Å²) in [6.07, 6.45) is 13.4. The van der Waals surface area contributed by atoms with E-state index in [-0.39, 0.29) is 11.5 Å². The van der Waals surface area contributed by atoms with Crippen molar-refractivity contribution >= 4 is 0 Å². The lowest BCUT2D eigenvalue weighted by atomic mass is 9.32. The van der Waals surface area contributed by atoms with Crippen LogP contribution >= 0.6 is 0 Å². The zero-order valence-electron chi connectivity index (χ0n) is 21.7. The summed E-state index contributed by atoms with van der Waals surface area (Å²) < 4.78 is 0. The molecule has 5 aliphatic carbocycles. The minimum Gasteiger partial charge on any atom is -0.393 e. The molecule has 5 fully saturated rings. The number of aliphatic hydroxyl groups is 1. The summed E-state index contributed by atoms with van der Waals surface area (Å²) in [4.78, 5) is 0. The quantitative estimate of drug-likeness (QED) is 0.421. The lowest BCUT2D eigenvalue weighted by Gasteiger charge is -2.73. The maximum atomic E-state index is 10.9. The van der Waals surface area contributed by atoms with E-state index in [9.17, 15) is 5.11 Å². The summed E-state index contributed by atoms with van der Waals surface area (Å²) in [6, 6.07) is 0. The van der Waals surface area contributed by atoms with E-state index in [1.807, 2.05) is 0 Å². The zero-order chi connectivity index (χ0) is 22.6. The molecule has 0 bridgehead atoms. The second-order valence-corrected chi connectivity index (χ2v) is 14.6. The summed E-state index contributed by atoms with van der Waals surface area (Å²) in [6.45, 7) is 22.3. The standard InChI is InChI=1S/C30H50O/c1-19(2)20-11-15-27(5)21(20)12-17-29(7)23(27)9-10-24-28(6)16-14-25(31)26(3,4)22(28)13-18-30(24,29)8/h20-25,31H,1,9-18H2,2-8H3/t20-,21-,22-,23+,24+,25+,27-,28-,29+,30+/m0/s1. The molecule has 0 aliphatic heterocycles. The Morgan fingerprint density at radius 1 is 0.677 bits per heavy atom. The van der Waals surface area contributed by atoms with Gasteiger partial charge < -0.3 is 5.11 Å². The fourth-order valence-corrected chi connectivity index (χ4v) is 11.8. The molecule has 0 aromatic carbocycles. The number of hydrogen-bond acceptors (Lipinski definition) is 1. The maximum Gasteiger partial charge on any atom is 0.0594 e. The minimum absolute atomic E-state index is 0.0654. The second-order valence-electron chi connectivity index (χ2n) is 14.6. The average molecular weight is 427 g/mol. The van der Waals surface area contributed by atoms with Crippen LogP contribution in [0.3, 0.4) is 0 Å². The van der Waals surface area contributed by atoms with Gasteiger partial charge in [-0.15, -0.1) is 0 Å². The van der Waals surface area contributed by atoms with Gasteiger partial charge in [0.1, 0.15) is 0 Å². The largest absolute Gasteiger partial charge is 0.393 e. The third-order valence-corrected chi connectivity index (χ3v) is 13.6. The lowest BCUT2D eigenvalue weighted by molar-refractivity contribution is -0.251. The van der Waals surface area contributed by atoms with Crippen LogP contribution < -0.4 is 0 Å². The van der Waals surface area contributed by atoms with Crippen LogP contribution in [-0.2, 0) is 0 Å². The maximum absolute atomic E-state index is 10.9. The van der Waals surface area contributed by atoms with Gasteiger partial charge in [-0.3, -0.25) is 0 Å². The van der Waals surface area contributed by atoms with Crippen molar-refractivity contribution in [1.29, 1.82) is 0 Å². The first-order valence-electron chi connectivity index (χ1n) is 13.7. The predicted octanol–water partition coefficient (Wildman–Crippen LogP) is 8.02. The fraction of sp³-hybridized carbons (Fsp3) is 0.933. The number of hydrogen-bond donors (Lipinski definition) is 1. The predicted molar refractivity (Wildman–Crippen MR) is 131 cm³/mol. The Morgan fingerprint density at radius 3 is 1.84 bits per heavy atom. The van der Waals surface area contributed by atoms with E-state index >= 15 is 0 Å². The van der Waals surface area contributed by atoms with Crippen molar-refractivity contribution in [2.24, 2.45) is 56.7 Å². The van der Waals surface area contributed by atoms with Gasteiger partial charge in [0.25, 0.3) is 0 Å². The molecule has 176 valence electrons. The van der Waals surface area contributed by atoms with Crippen LogP contribution in [0.15, 0.2) is 12.2 Å². The SMILES string of the molecule is C=C(C)[C@@H]1CC[C@]2(C)[C@H]3CC[C@@H]4[C@@]5(C)CC[C@@H](O)C(C)(C)[C@@H]5CC[C@@]4(C)[C@]3(C)CC[C@@H]12. The first-order valence-corrected chi connectivity index (χ1v) is 13.7. The Bertz CT molecular complexity index is 766. The molecule has 5 rings (SSSR count). The molecule has 31 heavy (non-hydrogen) atoms. The van der Waals surface area contributed by atoms with Gasteiger partial charge in [0.05, 0.1) is 6.10 Å². The van der Waals surface area contributed by atoms with E-state index in [0.717, 1.165) is 30.1 Å². The highest BCUT2D eigenvalue weighted by Crippen LogP contribution is 2.77. The Balaban J connectivity index is 1.52. The van der Waals surface area contributed by atoms with E-state index in [2.05, 4.69) is 55.0 Å². The van der Waals surface area contributed by atoms with Crippen LogP contribution in [0.2, 0.25) is 0 Å². The molecule has 0 saturated heterocycles. The number of fused-ring (bicyclic) bond motifs is 7. The van der Waals surface area contributed by atoms with Gasteiger partial charge in [0, 0.05) is 0 Å². The van der Waals surface area contributed by atoms with Crippen LogP contribution in [0.4, 0.5) is 0 Å². The molecule has 0 aromatic heterocycles. The molecule has 0 radical (unpaired) electrons. The first kappa shape index (κ1) is 22.5. The van der Waals surface area contributed by atoms with E-state index in [1.54, 1.807) is 0 Å². The molecule has 5 saturated carbocycles. The molecule has 1 heteroatoms. The third kappa shape index (κ3) is 2.60. The fourth-order valence-electron chi connectivity index (χ4n) is 11.8. The monoisotopic (exact) mass is 426 g/mol. The van der Waals surface area contributed by atoms with E-state index in [1.165, 1.54) is 63.4 Å². The molecule has 10 atom stereocenters. The molecule has 1 N–H and O–H groups in total. The summed E-state index contributed by atoms with van der Waals surface area (Å²) >= 11 is 0. The van der Waals surface area contributed by atoms with Crippen LogP contribution in [0, 0.1) is 56.7 Å². The van der Waals surface area contributed by atoms with Gasteiger partial charge in [-0.2, -0.15) is 0 Å². The van der Waals surface area contributed by atoms with E-state index in [4.69, 9.17) is 0 Å². The molecule has 5 aliphatic rings. The molecule has 1 nitrogen and oxygen atoms in total. The molecule has 0 spiro atoms. The number of allylic oxidation sites excluding steroid dienone is 1. The van der Waals surface area contributed by atoms with Crippen LogP contribution in [0.5, 0.6) is 0 Å². The van der Waals surface area contributed by atoms with Gasteiger partial charge in [0.15, 0.2) is 0 Å². The summed E-state index contributed by atoms with van der Waals surface area (Å²) in [5, 5.41) is 10.9. The minimum atomic E-state index is -0.117. The van der Waals surface area contributed by atoms with Crippen molar-refractivity contribution in [2.45, 2.75) is 119 Å². The van der Waals surface area contributed by atoms with Crippen LogP contribution in [0.1, 0.15) is 113 Å². The average Bonchev–Trinajstić information content (AvgIpc) is 3.03. The van der Waals surface area contributed by atoms with Gasteiger partial charge in [0.2, 0.25) is 0 Å². The molecule has 0 amide bonds. The molecule has 0 aromatic rings. The molecular weight excluding hydrogens is 376 g/mol. The van der Waals surface area contributed by atoms with Crippen molar-refractivity contribution in [2.75, 3.05) is 0 Å². The number of rotatable bonds is 1. The van der Waals surface area contributed by atoms with Crippen molar-refractivity contribution in [3.05, 3.63) is 12.2 Å². The third-order valence-electron chi connectivity index (χ3n) is 13.6. The molecular formula is C30H50O. The summed E-state index contributed by atoms with van der Waals surface area (Å²) in [7, 11) is 0. The van der Waals surface area contributed by atoms with Crippen molar-refractivity contribution in [3.63, 3.8) is 0 Å². The Hall–Kier alpha value is -0.300. The summed E-state index contributed by atoms with van der Waals surface area (Å²) in [5.41, 5.74) is 3.36. The highest BCUT2D eigenvalue weighted by atomic mass is 16.3. The van der Waals surface area contributed by atoms with Gasteiger partial charge in [-0.25, -0.2) is 0 Å². The highest BCUT2D eigenvalue weighted by molar-refractivity contribution is 5.21. The van der Waals surface area contributed by atoms with E-state index < -0.39 is 0 Å². The normalized spacial score (nSPS) is 57.9. The van der Waals surface area contributed by atoms with Crippen molar-refractivity contribution in [1.82, 2.24) is 0 Å². The Labute approximate surface area is 192 Å². The second kappa shape index (κ2) is 6.64. The van der Waals surface area contributed by atoms with Gasteiger partial charge >= 0.3 is 0 Å². The first-order chi connectivity index (χ1) is 14.3. The van der Waals surface area contributed by atoms with Crippen molar-refractivity contribution in [3.8, 4) is 0 Å². The van der Waals surface area contributed by atoms with Crippen LogP contribution in [0.25, 0.3) is 0 Å². The van der Waals surface area contributed by atoms with Crippen molar-refractivity contribution < 1.29 is 5.11 Å². The van der Waals surface area contributed by atoms with E-state index in [0.29, 0.717) is 27.6 Å². The smallest absolute Gasteiger partial charge is 0.0594 e. The summed E-state index contributed by atoms with van der Waals surface area (Å²) in [5.74, 6) is 4.03. The topological polar surface area (TPSA) is 20.2 Å². The lowest BCUT2D eigenvalue weighted by Crippen LogP contribution is -2.66. The highest BCUT2D eigenvalue weighted by Gasteiger charge is 2.70. The number of aliphatic hydroxyl groups excluding tert-OH is 1. The molecule has 0 unspecified atom stereocenters. The van der Waals surface area contributed by atoms with Crippen LogP contribution in [-0.4, -0.2) is 11.2 Å². The molecule has 0 heterocycles. The zero-order valence-corrected chi connectivity index (χ0v) is 21.7. The van der Waals surface area contributed by atoms with Gasteiger partial charge in [-0.05, 0) is 128 Å². The van der Waals surface area contributed by atoms with Gasteiger partial charge in [-0.1, -0.05) is 53.7 Å². The Kier molecular flexibility index (Phi) is 4.82.